The van der Waals surface area contributed by atoms with E-state index in [0.717, 1.165) is 5.57 Å². The Balaban J connectivity index is 2.81. The van der Waals surface area contributed by atoms with Gasteiger partial charge in [-0.1, -0.05) is 0 Å². The van der Waals surface area contributed by atoms with Gasteiger partial charge in [0, 0.05) is 0 Å². The van der Waals surface area contributed by atoms with Gasteiger partial charge in [-0.15, -0.1) is 0 Å². The minimum Gasteiger partial charge on any atom is -0.464 e. The molecule has 1 fully saturated rings. The predicted octanol–water partition coefficient (Wildman–Crippen LogP) is -0.0301. The summed E-state index contributed by atoms with van der Waals surface area (Å²) in [5.74, 6) is -0.506. The lowest BCUT2D eigenvalue weighted by Gasteiger charge is -2.17. The molecule has 5 heteroatoms. The van der Waals surface area contributed by atoms with Gasteiger partial charge in [-0.2, -0.15) is 0 Å². The maximum atomic E-state index is 11.3. The first kappa shape index (κ1) is 10.7. The zero-order valence-electron chi connectivity index (χ0n) is 8.04. The fourth-order valence-corrected chi connectivity index (χ4v) is 1.33. The number of esters is 1. The first-order valence-electron chi connectivity index (χ1n) is 4.38. The van der Waals surface area contributed by atoms with Gasteiger partial charge in [0.25, 0.3) is 0 Å². The third-order valence-corrected chi connectivity index (χ3v) is 2.04. The average molecular weight is 199 g/mol. The lowest BCUT2D eigenvalue weighted by Crippen LogP contribution is -2.24. The van der Waals surface area contributed by atoms with Crippen molar-refractivity contribution in [1.82, 2.24) is 5.32 Å². The summed E-state index contributed by atoms with van der Waals surface area (Å²) >= 11 is 0. The van der Waals surface area contributed by atoms with E-state index in [1.807, 2.05) is 0 Å². The van der Waals surface area contributed by atoms with Crippen LogP contribution in [0.25, 0.3) is 0 Å². The van der Waals surface area contributed by atoms with Gasteiger partial charge in [0.1, 0.15) is 5.70 Å². The Hall–Kier alpha value is -1.36. The van der Waals surface area contributed by atoms with Gasteiger partial charge in [-0.25, -0.2) is 4.79 Å². The Morgan fingerprint density at radius 3 is 2.64 bits per heavy atom. The van der Waals surface area contributed by atoms with Crippen LogP contribution in [0.3, 0.4) is 0 Å². The molecule has 1 saturated heterocycles. The second-order valence-corrected chi connectivity index (χ2v) is 2.84. The van der Waals surface area contributed by atoms with Crippen molar-refractivity contribution in [2.45, 2.75) is 12.8 Å². The highest BCUT2D eigenvalue weighted by Gasteiger charge is 2.17. The summed E-state index contributed by atoms with van der Waals surface area (Å²) in [6.07, 6.45) is 1.80. The largest absolute Gasteiger partial charge is 0.464 e. The highest BCUT2D eigenvalue weighted by Crippen LogP contribution is 2.17. The van der Waals surface area contributed by atoms with Gasteiger partial charge in [-0.3, -0.25) is 4.79 Å². The topological polar surface area (TPSA) is 64.6 Å². The molecule has 1 rings (SSSR count). The fourth-order valence-electron chi connectivity index (χ4n) is 1.33. The van der Waals surface area contributed by atoms with E-state index in [2.05, 4.69) is 10.1 Å². The van der Waals surface area contributed by atoms with Crippen LogP contribution in [-0.4, -0.2) is 32.7 Å². The number of nitrogens with one attached hydrogen (secondary N) is 1. The zero-order chi connectivity index (χ0) is 10.4. The quantitative estimate of drug-likeness (QED) is 0.394. The molecule has 1 amide bonds. The van der Waals surface area contributed by atoms with Gasteiger partial charge in [-0.05, 0) is 18.4 Å². The molecule has 5 nitrogen and oxygen atoms in total. The Labute approximate surface area is 82.1 Å². The number of hydrogen-bond donors (Lipinski definition) is 1. The molecule has 0 saturated carbocycles. The Bertz CT molecular complexity index is 252. The lowest BCUT2D eigenvalue weighted by atomic mass is 10.1. The minimum atomic E-state index is -0.506. The Kier molecular flexibility index (Phi) is 4.12. The molecular formula is C9H13NO4. The van der Waals surface area contributed by atoms with E-state index >= 15 is 0 Å². The fraction of sp³-hybridized carbons (Fsp3) is 0.556. The van der Waals surface area contributed by atoms with E-state index < -0.39 is 5.97 Å². The maximum Gasteiger partial charge on any atom is 0.354 e. The van der Waals surface area contributed by atoms with Crippen LogP contribution in [0.4, 0.5) is 0 Å². The highest BCUT2D eigenvalue weighted by molar-refractivity contribution is 5.91. The standard InChI is InChI=1S/C9H13NO4/c1-13-9(12)8(10-6-11)7-2-4-14-5-3-7/h6H,2-5H2,1H3,(H,10,11). The highest BCUT2D eigenvalue weighted by atomic mass is 16.5. The van der Waals surface area contributed by atoms with Crippen molar-refractivity contribution in [2.75, 3.05) is 20.3 Å². The Morgan fingerprint density at radius 2 is 2.14 bits per heavy atom. The third kappa shape index (κ3) is 2.56. The van der Waals surface area contributed by atoms with Crippen molar-refractivity contribution in [1.29, 1.82) is 0 Å². The van der Waals surface area contributed by atoms with Crippen molar-refractivity contribution < 1.29 is 19.1 Å². The molecule has 0 spiro atoms. The molecule has 0 atom stereocenters. The number of carbonyl (C=O) groups is 2. The first-order chi connectivity index (χ1) is 6.79. The molecule has 0 aromatic heterocycles. The van der Waals surface area contributed by atoms with Gasteiger partial charge in [0.2, 0.25) is 6.41 Å². The van der Waals surface area contributed by atoms with Crippen LogP contribution < -0.4 is 5.32 Å². The minimum absolute atomic E-state index is 0.255. The SMILES string of the molecule is COC(=O)C(NC=O)=C1CCOCC1. The summed E-state index contributed by atoms with van der Waals surface area (Å²) in [4.78, 5) is 21.6. The number of amides is 1. The van der Waals surface area contributed by atoms with E-state index in [9.17, 15) is 9.59 Å². The molecule has 0 aromatic carbocycles. The van der Waals surface area contributed by atoms with Crippen LogP contribution in [0, 0.1) is 0 Å². The monoisotopic (exact) mass is 199 g/mol. The van der Waals surface area contributed by atoms with Crippen molar-refractivity contribution in [3.63, 3.8) is 0 Å². The number of methoxy groups -OCH3 is 1. The molecule has 1 aliphatic rings. The molecule has 0 radical (unpaired) electrons. The van der Waals surface area contributed by atoms with Gasteiger partial charge in [0.05, 0.1) is 20.3 Å². The van der Waals surface area contributed by atoms with Crippen molar-refractivity contribution >= 4 is 12.4 Å². The molecule has 0 bridgehead atoms. The number of rotatable bonds is 3. The summed E-state index contributed by atoms with van der Waals surface area (Å²) in [5.41, 5.74) is 1.14. The van der Waals surface area contributed by atoms with Crippen LogP contribution >= 0.6 is 0 Å². The molecule has 1 aliphatic heterocycles. The first-order valence-corrected chi connectivity index (χ1v) is 4.38. The van der Waals surface area contributed by atoms with Gasteiger partial charge >= 0.3 is 5.97 Å². The molecule has 1 heterocycles. The normalized spacial score (nSPS) is 15.9. The van der Waals surface area contributed by atoms with Crippen LogP contribution in [0.5, 0.6) is 0 Å². The summed E-state index contributed by atoms with van der Waals surface area (Å²) in [6.45, 7) is 1.16. The number of carbonyl (C=O) groups excluding carboxylic acids is 2. The number of ether oxygens (including phenoxy) is 2. The maximum absolute atomic E-state index is 11.3. The molecule has 0 aliphatic carbocycles. The van der Waals surface area contributed by atoms with Crippen LogP contribution in [-0.2, 0) is 19.1 Å². The van der Waals surface area contributed by atoms with Gasteiger partial charge < -0.3 is 14.8 Å². The van der Waals surface area contributed by atoms with Crippen molar-refractivity contribution in [3.8, 4) is 0 Å². The van der Waals surface area contributed by atoms with Crippen LogP contribution in [0.15, 0.2) is 11.3 Å². The molecule has 14 heavy (non-hydrogen) atoms. The third-order valence-electron chi connectivity index (χ3n) is 2.04. The van der Waals surface area contributed by atoms with Crippen molar-refractivity contribution in [3.05, 3.63) is 11.3 Å². The molecular weight excluding hydrogens is 186 g/mol. The smallest absolute Gasteiger partial charge is 0.354 e. The summed E-state index contributed by atoms with van der Waals surface area (Å²) < 4.78 is 9.70. The van der Waals surface area contributed by atoms with Crippen LogP contribution in [0.2, 0.25) is 0 Å². The molecule has 78 valence electrons. The van der Waals surface area contributed by atoms with Crippen LogP contribution in [0.1, 0.15) is 12.8 Å². The Morgan fingerprint density at radius 1 is 1.50 bits per heavy atom. The van der Waals surface area contributed by atoms with E-state index in [0.29, 0.717) is 32.5 Å². The summed E-state index contributed by atoms with van der Waals surface area (Å²) in [7, 11) is 1.29. The van der Waals surface area contributed by atoms with Gasteiger partial charge in [0.15, 0.2) is 0 Å². The lowest BCUT2D eigenvalue weighted by molar-refractivity contribution is -0.137. The zero-order valence-corrected chi connectivity index (χ0v) is 8.04. The van der Waals surface area contributed by atoms with E-state index in [-0.39, 0.29) is 5.70 Å². The molecule has 0 unspecified atom stereocenters. The number of hydrogen-bond acceptors (Lipinski definition) is 4. The second kappa shape index (κ2) is 5.39. The van der Waals surface area contributed by atoms with Crippen molar-refractivity contribution in [2.24, 2.45) is 0 Å². The van der Waals surface area contributed by atoms with E-state index in [1.54, 1.807) is 0 Å². The molecule has 1 N–H and O–H groups in total. The average Bonchev–Trinajstić information content (AvgIpc) is 2.26. The second-order valence-electron chi connectivity index (χ2n) is 2.84. The predicted molar refractivity (Wildman–Crippen MR) is 48.3 cm³/mol. The summed E-state index contributed by atoms with van der Waals surface area (Å²) in [5, 5.41) is 2.37. The van der Waals surface area contributed by atoms with E-state index in [4.69, 9.17) is 4.74 Å². The van der Waals surface area contributed by atoms with E-state index in [1.165, 1.54) is 7.11 Å². The summed E-state index contributed by atoms with van der Waals surface area (Å²) in [6, 6.07) is 0. The molecule has 0 aromatic rings.